The van der Waals surface area contributed by atoms with Gasteiger partial charge >= 0.3 is 0 Å². The molecule has 0 aliphatic heterocycles. The Kier molecular flexibility index (Phi) is 4.60. The molecule has 0 fully saturated rings. The summed E-state index contributed by atoms with van der Waals surface area (Å²) in [5.41, 5.74) is 0.475. The van der Waals surface area contributed by atoms with Crippen LogP contribution in [0.5, 0.6) is 0 Å². The number of hydrogen-bond donors (Lipinski definition) is 1. The van der Waals surface area contributed by atoms with Gasteiger partial charge in [0.05, 0.1) is 5.02 Å². The molecule has 7 heteroatoms. The Morgan fingerprint density at radius 3 is 2.47 bits per heavy atom. The Hall–Kier alpha value is -0.500. The van der Waals surface area contributed by atoms with Crippen LogP contribution >= 0.6 is 45.8 Å². The van der Waals surface area contributed by atoms with Crippen molar-refractivity contribution in [2.75, 3.05) is 4.72 Å². The van der Waals surface area contributed by atoms with Gasteiger partial charge in [0.1, 0.15) is 4.90 Å². The zero-order valence-corrected chi connectivity index (χ0v) is 13.9. The summed E-state index contributed by atoms with van der Waals surface area (Å²) in [5.74, 6) is 0. The number of benzene rings is 2. The smallest absolute Gasteiger partial charge is 0.263 e. The highest BCUT2D eigenvalue weighted by molar-refractivity contribution is 14.1. The van der Waals surface area contributed by atoms with Crippen LogP contribution in [0.15, 0.2) is 47.4 Å². The average molecular weight is 428 g/mol. The lowest BCUT2D eigenvalue weighted by Gasteiger charge is -2.10. The zero-order chi connectivity index (χ0) is 14.0. The first-order valence-corrected chi connectivity index (χ1v) is 8.44. The second-order valence-electron chi connectivity index (χ2n) is 3.69. The Bertz CT molecular complexity index is 719. The van der Waals surface area contributed by atoms with E-state index in [0.29, 0.717) is 10.7 Å². The maximum absolute atomic E-state index is 12.2. The first-order chi connectivity index (χ1) is 8.88. The molecule has 100 valence electrons. The van der Waals surface area contributed by atoms with Gasteiger partial charge in [0.25, 0.3) is 10.0 Å². The molecule has 2 rings (SSSR count). The lowest BCUT2D eigenvalue weighted by atomic mass is 10.3. The van der Waals surface area contributed by atoms with E-state index in [1.807, 2.05) is 6.07 Å². The van der Waals surface area contributed by atoms with E-state index in [0.717, 1.165) is 3.57 Å². The summed E-state index contributed by atoms with van der Waals surface area (Å²) in [6, 6.07) is 11.3. The Morgan fingerprint density at radius 2 is 1.79 bits per heavy atom. The van der Waals surface area contributed by atoms with Gasteiger partial charge in [0.2, 0.25) is 0 Å². The number of anilines is 1. The van der Waals surface area contributed by atoms with Gasteiger partial charge in [-0.15, -0.1) is 0 Å². The molecule has 0 atom stereocenters. The molecule has 1 N–H and O–H groups in total. The summed E-state index contributed by atoms with van der Waals surface area (Å²) in [5, 5.41) is 0.440. The van der Waals surface area contributed by atoms with Crippen LogP contribution in [0.2, 0.25) is 10.0 Å². The van der Waals surface area contributed by atoms with Gasteiger partial charge in [-0.25, -0.2) is 8.42 Å². The summed E-state index contributed by atoms with van der Waals surface area (Å²) in [6.07, 6.45) is 0. The predicted molar refractivity (Wildman–Crippen MR) is 86.4 cm³/mol. The molecule has 0 saturated heterocycles. The van der Waals surface area contributed by atoms with Gasteiger partial charge in [0, 0.05) is 14.3 Å². The van der Waals surface area contributed by atoms with Crippen LogP contribution in [-0.2, 0) is 10.0 Å². The van der Waals surface area contributed by atoms with Gasteiger partial charge in [-0.05, 0) is 59.0 Å². The SMILES string of the molecule is O=S(=O)(Nc1cccc(I)c1)c1cc(Cl)ccc1Cl. The van der Waals surface area contributed by atoms with E-state index in [9.17, 15) is 8.42 Å². The maximum Gasteiger partial charge on any atom is 0.263 e. The third-order valence-electron chi connectivity index (χ3n) is 2.26. The summed E-state index contributed by atoms with van der Waals surface area (Å²) < 4.78 is 27.9. The van der Waals surface area contributed by atoms with Crippen LogP contribution in [0.3, 0.4) is 0 Å². The Balaban J connectivity index is 2.40. The van der Waals surface area contributed by atoms with Crippen molar-refractivity contribution in [3.05, 3.63) is 56.1 Å². The van der Waals surface area contributed by atoms with Crippen molar-refractivity contribution in [2.45, 2.75) is 4.90 Å². The molecular weight excluding hydrogens is 420 g/mol. The monoisotopic (exact) mass is 427 g/mol. The standard InChI is InChI=1S/C12H8Cl2INO2S/c13-8-4-5-11(14)12(6-8)19(17,18)16-10-3-1-2-9(15)7-10/h1-7,16H. The Labute approximate surface area is 135 Å². The second kappa shape index (κ2) is 5.87. The predicted octanol–water partition coefficient (Wildman–Crippen LogP) is 4.40. The zero-order valence-electron chi connectivity index (χ0n) is 9.40. The molecule has 0 amide bonds. The molecule has 0 spiro atoms. The normalized spacial score (nSPS) is 11.3. The summed E-state index contributed by atoms with van der Waals surface area (Å²) >= 11 is 13.8. The molecule has 0 saturated carbocycles. The highest BCUT2D eigenvalue weighted by Crippen LogP contribution is 2.27. The van der Waals surface area contributed by atoms with Gasteiger partial charge < -0.3 is 0 Å². The highest BCUT2D eigenvalue weighted by Gasteiger charge is 2.18. The summed E-state index contributed by atoms with van der Waals surface area (Å²) in [6.45, 7) is 0. The first-order valence-electron chi connectivity index (χ1n) is 5.12. The number of sulfonamides is 1. The molecular formula is C12H8Cl2INO2S. The topological polar surface area (TPSA) is 46.2 Å². The quantitative estimate of drug-likeness (QED) is 0.738. The fourth-order valence-corrected chi connectivity index (χ4v) is 3.80. The van der Waals surface area contributed by atoms with Crippen molar-refractivity contribution in [3.8, 4) is 0 Å². The molecule has 0 bridgehead atoms. The van der Waals surface area contributed by atoms with Gasteiger partial charge in [-0.2, -0.15) is 0 Å². The van der Waals surface area contributed by atoms with Crippen LogP contribution in [0.4, 0.5) is 5.69 Å². The molecule has 2 aromatic carbocycles. The molecule has 0 unspecified atom stereocenters. The minimum atomic E-state index is -3.75. The summed E-state index contributed by atoms with van der Waals surface area (Å²) in [7, 11) is -3.75. The van der Waals surface area contributed by atoms with Crippen LogP contribution < -0.4 is 4.72 Å². The van der Waals surface area contributed by atoms with Crippen LogP contribution in [0, 0.1) is 3.57 Å². The molecule has 2 aromatic rings. The second-order valence-corrected chi connectivity index (χ2v) is 7.43. The highest BCUT2D eigenvalue weighted by atomic mass is 127. The van der Waals surface area contributed by atoms with E-state index in [2.05, 4.69) is 27.3 Å². The number of nitrogens with one attached hydrogen (secondary N) is 1. The molecule has 0 aliphatic carbocycles. The van der Waals surface area contributed by atoms with Crippen LogP contribution in [-0.4, -0.2) is 8.42 Å². The van der Waals surface area contributed by atoms with Gasteiger partial charge in [-0.1, -0.05) is 29.3 Å². The van der Waals surface area contributed by atoms with Crippen molar-refractivity contribution >= 4 is 61.5 Å². The Morgan fingerprint density at radius 1 is 1.05 bits per heavy atom. The van der Waals surface area contributed by atoms with E-state index in [1.165, 1.54) is 18.2 Å². The number of halogens is 3. The van der Waals surface area contributed by atoms with Crippen molar-refractivity contribution in [1.29, 1.82) is 0 Å². The fraction of sp³-hybridized carbons (Fsp3) is 0. The minimum absolute atomic E-state index is 0.0412. The largest absolute Gasteiger partial charge is 0.280 e. The van der Waals surface area contributed by atoms with Crippen molar-refractivity contribution < 1.29 is 8.42 Å². The third kappa shape index (κ3) is 3.75. The maximum atomic E-state index is 12.2. The molecule has 0 aliphatic rings. The van der Waals surface area contributed by atoms with Crippen LogP contribution in [0.1, 0.15) is 0 Å². The van der Waals surface area contributed by atoms with E-state index in [4.69, 9.17) is 23.2 Å². The summed E-state index contributed by atoms with van der Waals surface area (Å²) in [4.78, 5) is -0.0412. The van der Waals surface area contributed by atoms with E-state index < -0.39 is 10.0 Å². The first kappa shape index (κ1) is 14.9. The third-order valence-corrected chi connectivity index (χ3v) is 5.03. The molecule has 0 radical (unpaired) electrons. The van der Waals surface area contributed by atoms with Gasteiger partial charge in [-0.3, -0.25) is 4.72 Å². The van der Waals surface area contributed by atoms with Crippen LogP contribution in [0.25, 0.3) is 0 Å². The van der Waals surface area contributed by atoms with E-state index in [-0.39, 0.29) is 9.92 Å². The molecule has 3 nitrogen and oxygen atoms in total. The number of rotatable bonds is 3. The lowest BCUT2D eigenvalue weighted by Crippen LogP contribution is -2.13. The fourth-order valence-electron chi connectivity index (χ4n) is 1.45. The molecule has 0 heterocycles. The van der Waals surface area contributed by atoms with E-state index in [1.54, 1.807) is 18.2 Å². The van der Waals surface area contributed by atoms with Crippen molar-refractivity contribution in [1.82, 2.24) is 0 Å². The van der Waals surface area contributed by atoms with Gasteiger partial charge in [0.15, 0.2) is 0 Å². The lowest BCUT2D eigenvalue weighted by molar-refractivity contribution is 0.601. The van der Waals surface area contributed by atoms with Crippen molar-refractivity contribution in [3.63, 3.8) is 0 Å². The average Bonchev–Trinajstić information content (AvgIpc) is 2.31. The van der Waals surface area contributed by atoms with Crippen molar-refractivity contribution in [2.24, 2.45) is 0 Å². The minimum Gasteiger partial charge on any atom is -0.280 e. The number of hydrogen-bond acceptors (Lipinski definition) is 2. The molecule has 0 aromatic heterocycles. The molecule has 19 heavy (non-hydrogen) atoms. The van der Waals surface area contributed by atoms with E-state index >= 15 is 0 Å².